The molecule has 1 rings (SSSR count). The molecule has 1 saturated heterocycles. The van der Waals surface area contributed by atoms with E-state index in [0.717, 1.165) is 20.8 Å². The van der Waals surface area contributed by atoms with Crippen molar-refractivity contribution in [2.45, 2.75) is 45.3 Å². The van der Waals surface area contributed by atoms with E-state index < -0.39 is 52.7 Å². The molecular formula is C11H18N2O9S. The van der Waals surface area contributed by atoms with Crippen molar-refractivity contribution in [2.75, 3.05) is 6.61 Å². The third-order valence-corrected chi connectivity index (χ3v) is 3.19. The van der Waals surface area contributed by atoms with Crippen LogP contribution in [0.3, 0.4) is 0 Å². The van der Waals surface area contributed by atoms with E-state index in [9.17, 15) is 22.8 Å². The molecule has 0 amide bonds. The summed E-state index contributed by atoms with van der Waals surface area (Å²) in [5.74, 6) is -2.23. The lowest BCUT2D eigenvalue weighted by Gasteiger charge is -2.40. The van der Waals surface area contributed by atoms with Gasteiger partial charge in [0.15, 0.2) is 24.5 Å². The van der Waals surface area contributed by atoms with Crippen LogP contribution in [0, 0.1) is 0 Å². The maximum absolute atomic E-state index is 11.3. The van der Waals surface area contributed by atoms with Gasteiger partial charge in [0.05, 0.1) is 6.61 Å². The number of nitrogens with one attached hydrogen (secondary N) is 1. The van der Waals surface area contributed by atoms with Gasteiger partial charge in [-0.15, -0.1) is 0 Å². The highest BCUT2D eigenvalue weighted by Gasteiger charge is 2.47. The van der Waals surface area contributed by atoms with E-state index in [-0.39, 0.29) is 6.61 Å². The smallest absolute Gasteiger partial charge is 0.303 e. The van der Waals surface area contributed by atoms with Crippen LogP contribution in [0.5, 0.6) is 0 Å². The molecule has 1 heterocycles. The number of rotatable bonds is 5. The molecule has 1 fully saturated rings. The van der Waals surface area contributed by atoms with Crippen molar-refractivity contribution in [1.29, 1.82) is 0 Å². The van der Waals surface area contributed by atoms with Crippen molar-refractivity contribution in [2.24, 2.45) is 5.14 Å². The fraction of sp³-hybridized carbons (Fsp3) is 0.727. The molecule has 0 radical (unpaired) electrons. The third kappa shape index (κ3) is 6.48. The van der Waals surface area contributed by atoms with E-state index in [4.69, 9.17) is 24.1 Å². The molecule has 0 aromatic carbocycles. The Balaban J connectivity index is 3.10. The van der Waals surface area contributed by atoms with Crippen LogP contribution in [-0.4, -0.2) is 57.5 Å². The van der Waals surface area contributed by atoms with Gasteiger partial charge in [0.25, 0.3) is 10.2 Å². The Morgan fingerprint density at radius 1 is 1.00 bits per heavy atom. The first kappa shape index (κ1) is 19.3. The first-order valence-electron chi connectivity index (χ1n) is 6.43. The summed E-state index contributed by atoms with van der Waals surface area (Å²) in [5.41, 5.74) is 0. The minimum atomic E-state index is -4.20. The minimum absolute atomic E-state index is 0.303. The monoisotopic (exact) mass is 354 g/mol. The molecule has 2 unspecified atom stereocenters. The maximum Gasteiger partial charge on any atom is 0.303 e. The van der Waals surface area contributed by atoms with E-state index in [1.807, 2.05) is 4.72 Å². The molecule has 3 N–H and O–H groups in total. The lowest BCUT2D eigenvalue weighted by Crippen LogP contribution is -2.62. The minimum Gasteiger partial charge on any atom is -0.456 e. The molecule has 4 atom stereocenters. The average molecular weight is 354 g/mol. The number of carbonyl (C=O) groups excluding carboxylic acids is 3. The second-order valence-corrected chi connectivity index (χ2v) is 6.04. The van der Waals surface area contributed by atoms with Crippen LogP contribution in [0.15, 0.2) is 0 Å². The van der Waals surface area contributed by atoms with E-state index in [0.29, 0.717) is 0 Å². The van der Waals surface area contributed by atoms with Crippen LogP contribution in [0.1, 0.15) is 20.8 Å². The zero-order valence-corrected chi connectivity index (χ0v) is 13.5. The zero-order valence-electron chi connectivity index (χ0n) is 12.7. The molecule has 0 aromatic heterocycles. The molecule has 0 bridgehead atoms. The van der Waals surface area contributed by atoms with Gasteiger partial charge in [0.2, 0.25) is 0 Å². The summed E-state index contributed by atoms with van der Waals surface area (Å²) in [6.07, 6.45) is -5.16. The Hall–Kier alpha value is -1.76. The van der Waals surface area contributed by atoms with Crippen LogP contribution in [0.4, 0.5) is 0 Å². The second kappa shape index (κ2) is 7.68. The highest BCUT2D eigenvalue weighted by Crippen LogP contribution is 2.23. The number of nitrogens with two attached hydrogens (primary N) is 1. The SMILES string of the molecule is CC(=O)OC1C(OC(C)=O)[C@H](NS(N)(=O)=O)OC[C@@H]1OC(C)=O. The lowest BCUT2D eigenvalue weighted by molar-refractivity contribution is -0.227. The van der Waals surface area contributed by atoms with E-state index >= 15 is 0 Å². The summed E-state index contributed by atoms with van der Waals surface area (Å²) in [6, 6.07) is 0. The number of carbonyl (C=O) groups is 3. The topological polar surface area (TPSA) is 160 Å². The first-order valence-corrected chi connectivity index (χ1v) is 7.97. The Labute approximate surface area is 132 Å². The summed E-state index contributed by atoms with van der Waals surface area (Å²) in [6.45, 7) is 2.98. The number of esters is 3. The van der Waals surface area contributed by atoms with Crippen molar-refractivity contribution in [3.63, 3.8) is 0 Å². The van der Waals surface area contributed by atoms with Gasteiger partial charge in [-0.1, -0.05) is 0 Å². The van der Waals surface area contributed by atoms with Gasteiger partial charge in [0, 0.05) is 20.8 Å². The van der Waals surface area contributed by atoms with Gasteiger partial charge in [0.1, 0.15) is 0 Å². The Bertz CT molecular complexity index is 576. The molecule has 1 aliphatic rings. The summed E-state index contributed by atoms with van der Waals surface area (Å²) in [5, 5.41) is 4.87. The van der Waals surface area contributed by atoms with Crippen molar-refractivity contribution in [1.82, 2.24) is 4.72 Å². The van der Waals surface area contributed by atoms with Gasteiger partial charge in [-0.3, -0.25) is 14.4 Å². The standard InChI is InChI=1S/C11H18N2O9S/c1-5(14)20-8-4-19-11(13-23(12,17)18)10(22-7(3)16)9(8)21-6(2)15/h8-11,13H,4H2,1-3H3,(H2,12,17,18)/t8-,9?,10?,11+/m0/s1. The predicted molar refractivity (Wildman–Crippen MR) is 72.6 cm³/mol. The van der Waals surface area contributed by atoms with Crippen LogP contribution in [0.25, 0.3) is 0 Å². The number of hydrogen-bond acceptors (Lipinski definition) is 9. The largest absolute Gasteiger partial charge is 0.456 e. The molecular weight excluding hydrogens is 336 g/mol. The number of hydrogen-bond donors (Lipinski definition) is 2. The third-order valence-electron chi connectivity index (χ3n) is 2.63. The van der Waals surface area contributed by atoms with Gasteiger partial charge in [-0.05, 0) is 0 Å². The maximum atomic E-state index is 11.3. The van der Waals surface area contributed by atoms with Gasteiger partial charge >= 0.3 is 17.9 Å². The zero-order chi connectivity index (χ0) is 17.8. The molecule has 0 saturated carbocycles. The number of ether oxygens (including phenoxy) is 4. The Morgan fingerprint density at radius 2 is 1.48 bits per heavy atom. The molecule has 11 nitrogen and oxygen atoms in total. The van der Waals surface area contributed by atoms with Crippen molar-refractivity contribution in [3.8, 4) is 0 Å². The molecule has 0 aromatic rings. The fourth-order valence-electron chi connectivity index (χ4n) is 2.00. The van der Waals surface area contributed by atoms with Crippen molar-refractivity contribution >= 4 is 28.1 Å². The summed E-state index contributed by atoms with van der Waals surface area (Å²) in [7, 11) is -4.20. The summed E-state index contributed by atoms with van der Waals surface area (Å²) >= 11 is 0. The lowest BCUT2D eigenvalue weighted by atomic mass is 10.0. The molecule has 0 spiro atoms. The molecule has 23 heavy (non-hydrogen) atoms. The van der Waals surface area contributed by atoms with E-state index in [1.54, 1.807) is 0 Å². The van der Waals surface area contributed by atoms with Crippen molar-refractivity contribution in [3.05, 3.63) is 0 Å². The van der Waals surface area contributed by atoms with Crippen LogP contribution in [-0.2, 0) is 43.5 Å². The Kier molecular flexibility index (Phi) is 6.44. The molecule has 12 heteroatoms. The molecule has 1 aliphatic heterocycles. The fourth-order valence-corrected chi connectivity index (χ4v) is 2.53. The van der Waals surface area contributed by atoms with Crippen LogP contribution < -0.4 is 9.86 Å². The van der Waals surface area contributed by atoms with Crippen molar-refractivity contribution < 1.29 is 41.7 Å². The highest BCUT2D eigenvalue weighted by molar-refractivity contribution is 7.87. The van der Waals surface area contributed by atoms with Gasteiger partial charge in [-0.25, -0.2) is 5.14 Å². The quantitative estimate of drug-likeness (QED) is 0.417. The summed E-state index contributed by atoms with van der Waals surface area (Å²) in [4.78, 5) is 33.6. The predicted octanol–water partition coefficient (Wildman–Crippen LogP) is -2.07. The van der Waals surface area contributed by atoms with Gasteiger partial charge < -0.3 is 18.9 Å². The van der Waals surface area contributed by atoms with Gasteiger partial charge in [-0.2, -0.15) is 13.1 Å². The molecule has 132 valence electrons. The van der Waals surface area contributed by atoms with E-state index in [2.05, 4.69) is 0 Å². The van der Waals surface area contributed by atoms with E-state index in [1.165, 1.54) is 0 Å². The average Bonchev–Trinajstić information content (AvgIpc) is 2.33. The Morgan fingerprint density at radius 3 is 1.91 bits per heavy atom. The summed E-state index contributed by atoms with van der Waals surface area (Å²) < 4.78 is 44.4. The first-order chi connectivity index (χ1) is 10.5. The molecule has 0 aliphatic carbocycles. The highest BCUT2D eigenvalue weighted by atomic mass is 32.2. The van der Waals surface area contributed by atoms with Crippen LogP contribution >= 0.6 is 0 Å². The normalized spacial score (nSPS) is 27.8. The van der Waals surface area contributed by atoms with Crippen LogP contribution in [0.2, 0.25) is 0 Å². The second-order valence-electron chi connectivity index (χ2n) is 4.71.